The number of rotatable bonds is 9. The minimum atomic E-state index is 0.206. The molecular weight excluding hydrogens is 294 g/mol. The van der Waals surface area contributed by atoms with Crippen molar-refractivity contribution in [3.8, 4) is 0 Å². The molecule has 1 atom stereocenters. The SMILES string of the molecule is CCCCN(C(C)CC)C1(CN)CCN(Cc2ccccc2)CC1. The van der Waals surface area contributed by atoms with Gasteiger partial charge in [-0.3, -0.25) is 9.80 Å². The van der Waals surface area contributed by atoms with Crippen molar-refractivity contribution in [3.05, 3.63) is 35.9 Å². The molecule has 2 N–H and O–H groups in total. The predicted molar refractivity (Wildman–Crippen MR) is 104 cm³/mol. The zero-order valence-electron chi connectivity index (χ0n) is 16.0. The van der Waals surface area contributed by atoms with Crippen LogP contribution in [0.1, 0.15) is 58.4 Å². The first-order valence-electron chi connectivity index (χ1n) is 9.88. The van der Waals surface area contributed by atoms with E-state index in [0.29, 0.717) is 6.04 Å². The van der Waals surface area contributed by atoms with Crippen molar-refractivity contribution in [3.63, 3.8) is 0 Å². The second kappa shape index (κ2) is 9.55. The van der Waals surface area contributed by atoms with Gasteiger partial charge in [-0.05, 0) is 44.7 Å². The van der Waals surface area contributed by atoms with Gasteiger partial charge < -0.3 is 5.73 Å². The van der Waals surface area contributed by atoms with Crippen LogP contribution in [0.4, 0.5) is 0 Å². The number of hydrogen-bond acceptors (Lipinski definition) is 3. The van der Waals surface area contributed by atoms with Crippen LogP contribution in [0, 0.1) is 0 Å². The van der Waals surface area contributed by atoms with Gasteiger partial charge in [0.25, 0.3) is 0 Å². The van der Waals surface area contributed by atoms with Crippen molar-refractivity contribution in [2.75, 3.05) is 26.2 Å². The molecule has 0 amide bonds. The number of nitrogens with zero attached hydrogens (tertiary/aromatic N) is 2. The van der Waals surface area contributed by atoms with Crippen LogP contribution in [-0.2, 0) is 6.54 Å². The second-order valence-corrected chi connectivity index (χ2v) is 7.49. The minimum Gasteiger partial charge on any atom is -0.329 e. The van der Waals surface area contributed by atoms with E-state index in [-0.39, 0.29) is 5.54 Å². The first kappa shape index (κ1) is 19.4. The molecule has 0 saturated carbocycles. The molecule has 3 heteroatoms. The molecule has 0 spiro atoms. The van der Waals surface area contributed by atoms with Gasteiger partial charge in [-0.15, -0.1) is 0 Å². The Morgan fingerprint density at radius 3 is 2.38 bits per heavy atom. The Morgan fingerprint density at radius 2 is 1.83 bits per heavy atom. The molecule has 0 bridgehead atoms. The molecule has 1 heterocycles. The second-order valence-electron chi connectivity index (χ2n) is 7.49. The quantitative estimate of drug-likeness (QED) is 0.745. The van der Waals surface area contributed by atoms with Crippen molar-refractivity contribution < 1.29 is 0 Å². The zero-order chi connectivity index (χ0) is 17.4. The van der Waals surface area contributed by atoms with Crippen molar-refractivity contribution >= 4 is 0 Å². The standard InChI is InChI=1S/C21H37N3/c1-4-6-14-24(19(3)5-2)21(18-22)12-15-23(16-13-21)17-20-10-8-7-9-11-20/h7-11,19H,4-6,12-18,22H2,1-3H3. The summed E-state index contributed by atoms with van der Waals surface area (Å²) in [5.41, 5.74) is 7.97. The highest BCUT2D eigenvalue weighted by atomic mass is 15.3. The third kappa shape index (κ3) is 4.81. The van der Waals surface area contributed by atoms with E-state index in [9.17, 15) is 0 Å². The number of hydrogen-bond donors (Lipinski definition) is 1. The fourth-order valence-electron chi connectivity index (χ4n) is 4.05. The van der Waals surface area contributed by atoms with Crippen LogP contribution < -0.4 is 5.73 Å². The normalized spacial score (nSPS) is 19.5. The molecule has 0 aromatic heterocycles. The molecule has 1 unspecified atom stereocenters. The van der Waals surface area contributed by atoms with Gasteiger partial charge >= 0.3 is 0 Å². The first-order chi connectivity index (χ1) is 11.6. The van der Waals surface area contributed by atoms with Crippen molar-refractivity contribution in [2.45, 2.75) is 71.0 Å². The van der Waals surface area contributed by atoms with Gasteiger partial charge in [-0.2, -0.15) is 0 Å². The molecule has 1 saturated heterocycles. The molecule has 1 fully saturated rings. The molecule has 0 radical (unpaired) electrons. The summed E-state index contributed by atoms with van der Waals surface area (Å²) in [6.07, 6.45) is 6.14. The third-order valence-electron chi connectivity index (χ3n) is 5.90. The van der Waals surface area contributed by atoms with E-state index in [1.165, 1.54) is 44.2 Å². The maximum Gasteiger partial charge on any atom is 0.0358 e. The van der Waals surface area contributed by atoms with Crippen molar-refractivity contribution in [1.82, 2.24) is 9.80 Å². The number of nitrogens with two attached hydrogens (primary N) is 1. The number of benzene rings is 1. The molecule has 1 aromatic carbocycles. The van der Waals surface area contributed by atoms with E-state index in [0.717, 1.165) is 26.2 Å². The Bertz CT molecular complexity index is 451. The van der Waals surface area contributed by atoms with E-state index in [1.54, 1.807) is 0 Å². The lowest BCUT2D eigenvalue weighted by Crippen LogP contribution is -2.61. The molecule has 1 aliphatic heterocycles. The molecule has 136 valence electrons. The van der Waals surface area contributed by atoms with Gasteiger partial charge in [0.2, 0.25) is 0 Å². The minimum absolute atomic E-state index is 0.206. The summed E-state index contributed by atoms with van der Waals surface area (Å²) in [6, 6.07) is 11.5. The van der Waals surface area contributed by atoms with Gasteiger partial charge in [-0.1, -0.05) is 50.6 Å². The van der Waals surface area contributed by atoms with Crippen LogP contribution in [0.15, 0.2) is 30.3 Å². The molecule has 1 aliphatic rings. The van der Waals surface area contributed by atoms with E-state index in [4.69, 9.17) is 5.73 Å². The van der Waals surface area contributed by atoms with Gasteiger partial charge in [-0.25, -0.2) is 0 Å². The summed E-state index contributed by atoms with van der Waals surface area (Å²) in [4.78, 5) is 5.34. The van der Waals surface area contributed by atoms with Gasteiger partial charge in [0, 0.05) is 37.8 Å². The molecule has 0 aliphatic carbocycles. The topological polar surface area (TPSA) is 32.5 Å². The van der Waals surface area contributed by atoms with Crippen LogP contribution in [-0.4, -0.2) is 47.6 Å². The van der Waals surface area contributed by atoms with Crippen molar-refractivity contribution in [2.24, 2.45) is 5.73 Å². The first-order valence-corrected chi connectivity index (χ1v) is 9.88. The third-order valence-corrected chi connectivity index (χ3v) is 5.90. The fourth-order valence-corrected chi connectivity index (χ4v) is 4.05. The fraction of sp³-hybridized carbons (Fsp3) is 0.714. The highest BCUT2D eigenvalue weighted by Crippen LogP contribution is 2.31. The maximum atomic E-state index is 6.34. The number of piperidine rings is 1. The smallest absolute Gasteiger partial charge is 0.0358 e. The highest BCUT2D eigenvalue weighted by Gasteiger charge is 2.40. The maximum absolute atomic E-state index is 6.34. The van der Waals surface area contributed by atoms with Gasteiger partial charge in [0.05, 0.1) is 0 Å². The molecule has 24 heavy (non-hydrogen) atoms. The Labute approximate surface area is 149 Å². The van der Waals surface area contributed by atoms with Gasteiger partial charge in [0.15, 0.2) is 0 Å². The molecule has 3 nitrogen and oxygen atoms in total. The summed E-state index contributed by atoms with van der Waals surface area (Å²) in [6.45, 7) is 12.3. The average Bonchev–Trinajstić information content (AvgIpc) is 2.64. The van der Waals surface area contributed by atoms with Crippen LogP contribution in [0.2, 0.25) is 0 Å². The van der Waals surface area contributed by atoms with E-state index < -0.39 is 0 Å². The van der Waals surface area contributed by atoms with Crippen LogP contribution in [0.3, 0.4) is 0 Å². The van der Waals surface area contributed by atoms with E-state index >= 15 is 0 Å². The lowest BCUT2D eigenvalue weighted by atomic mass is 9.83. The highest BCUT2D eigenvalue weighted by molar-refractivity contribution is 5.14. The Balaban J connectivity index is 2.00. The van der Waals surface area contributed by atoms with Gasteiger partial charge in [0.1, 0.15) is 0 Å². The predicted octanol–water partition coefficient (Wildman–Crippen LogP) is 3.88. The largest absolute Gasteiger partial charge is 0.329 e. The lowest BCUT2D eigenvalue weighted by molar-refractivity contribution is -0.00275. The zero-order valence-corrected chi connectivity index (χ0v) is 16.0. The molecular formula is C21H37N3. The Hall–Kier alpha value is -0.900. The van der Waals surface area contributed by atoms with E-state index in [2.05, 4.69) is 60.9 Å². The summed E-state index contributed by atoms with van der Waals surface area (Å²) in [5.74, 6) is 0. The molecule has 1 aromatic rings. The Kier molecular flexibility index (Phi) is 7.73. The summed E-state index contributed by atoms with van der Waals surface area (Å²) < 4.78 is 0. The Morgan fingerprint density at radius 1 is 1.17 bits per heavy atom. The number of likely N-dealkylation sites (tertiary alicyclic amines) is 1. The molecule has 2 rings (SSSR count). The monoisotopic (exact) mass is 331 g/mol. The lowest BCUT2D eigenvalue weighted by Gasteiger charge is -2.51. The van der Waals surface area contributed by atoms with Crippen molar-refractivity contribution in [1.29, 1.82) is 0 Å². The van der Waals surface area contributed by atoms with Crippen LogP contribution >= 0.6 is 0 Å². The van der Waals surface area contributed by atoms with Crippen LogP contribution in [0.5, 0.6) is 0 Å². The van der Waals surface area contributed by atoms with Crippen LogP contribution in [0.25, 0.3) is 0 Å². The summed E-state index contributed by atoms with van der Waals surface area (Å²) in [5, 5.41) is 0. The average molecular weight is 332 g/mol. The summed E-state index contributed by atoms with van der Waals surface area (Å²) in [7, 11) is 0. The number of unbranched alkanes of at least 4 members (excludes halogenated alkanes) is 1. The van der Waals surface area contributed by atoms with E-state index in [1.807, 2.05) is 0 Å². The summed E-state index contributed by atoms with van der Waals surface area (Å²) >= 11 is 0.